The van der Waals surface area contributed by atoms with Crippen molar-refractivity contribution in [1.29, 1.82) is 4.78 Å². The van der Waals surface area contributed by atoms with E-state index in [1.165, 1.54) is 50.7 Å². The largest absolute Gasteiger partial charge is 0.495 e. The number of ether oxygens (including phenoxy) is 2. The van der Waals surface area contributed by atoms with Crippen LogP contribution in [0.5, 0.6) is 5.75 Å². The van der Waals surface area contributed by atoms with Gasteiger partial charge in [-0.1, -0.05) is 0 Å². The molecule has 0 aliphatic carbocycles. The number of nitrogens with one attached hydrogen (secondary N) is 1. The SMILES string of the molecule is COC(=O)c1ccc(S(=N)(=O)c2ccc(OC)cn2)cc1. The summed E-state index contributed by atoms with van der Waals surface area (Å²) in [6, 6.07) is 8.96. The zero-order valence-corrected chi connectivity index (χ0v) is 12.3. The van der Waals surface area contributed by atoms with Crippen molar-refractivity contribution in [2.45, 2.75) is 9.92 Å². The van der Waals surface area contributed by atoms with Gasteiger partial charge in [-0.05, 0) is 36.4 Å². The van der Waals surface area contributed by atoms with Gasteiger partial charge in [0.15, 0.2) is 0 Å². The van der Waals surface area contributed by atoms with Gasteiger partial charge >= 0.3 is 5.97 Å². The third-order valence-corrected chi connectivity index (χ3v) is 4.61. The van der Waals surface area contributed by atoms with Crippen molar-refractivity contribution in [2.24, 2.45) is 0 Å². The van der Waals surface area contributed by atoms with E-state index < -0.39 is 15.7 Å². The molecule has 1 N–H and O–H groups in total. The van der Waals surface area contributed by atoms with Crippen LogP contribution in [-0.2, 0) is 14.5 Å². The second-order valence-electron chi connectivity index (χ2n) is 4.11. The van der Waals surface area contributed by atoms with Gasteiger partial charge in [-0.3, -0.25) is 0 Å². The molecule has 6 nitrogen and oxygen atoms in total. The number of hydrogen-bond donors (Lipinski definition) is 1. The topological polar surface area (TPSA) is 89.3 Å². The summed E-state index contributed by atoms with van der Waals surface area (Å²) >= 11 is 0. The van der Waals surface area contributed by atoms with E-state index in [4.69, 9.17) is 9.52 Å². The molecule has 2 rings (SSSR count). The maximum absolute atomic E-state index is 12.6. The Hall–Kier alpha value is -2.41. The van der Waals surface area contributed by atoms with E-state index in [-0.39, 0.29) is 9.92 Å². The molecule has 0 spiro atoms. The fourth-order valence-electron chi connectivity index (χ4n) is 1.68. The molecule has 1 atom stereocenters. The fourth-order valence-corrected chi connectivity index (χ4v) is 2.90. The minimum atomic E-state index is -3.23. The summed E-state index contributed by atoms with van der Waals surface area (Å²) in [5.74, 6) is 0.0376. The molecular formula is C14H14N2O4S. The van der Waals surface area contributed by atoms with Gasteiger partial charge in [-0.25, -0.2) is 18.8 Å². The molecule has 0 fully saturated rings. The van der Waals surface area contributed by atoms with E-state index in [0.29, 0.717) is 11.3 Å². The van der Waals surface area contributed by atoms with Gasteiger partial charge in [-0.15, -0.1) is 0 Å². The molecular weight excluding hydrogens is 292 g/mol. The van der Waals surface area contributed by atoms with E-state index in [0.717, 1.165) is 0 Å². The van der Waals surface area contributed by atoms with E-state index in [1.807, 2.05) is 0 Å². The number of rotatable bonds is 4. The Balaban J connectivity index is 2.36. The highest BCUT2D eigenvalue weighted by molar-refractivity contribution is 7.92. The molecule has 1 aromatic heterocycles. The summed E-state index contributed by atoms with van der Waals surface area (Å²) in [6.07, 6.45) is 1.41. The molecule has 7 heteroatoms. The second kappa shape index (κ2) is 5.92. The summed E-state index contributed by atoms with van der Waals surface area (Å²) in [5, 5.41) is 0.133. The van der Waals surface area contributed by atoms with Crippen molar-refractivity contribution in [3.05, 3.63) is 48.2 Å². The standard InChI is InChI=1S/C14H14N2O4S/c1-19-11-5-8-13(16-9-11)21(15,18)12-6-3-10(4-7-12)14(17)20-2/h3-9,15H,1-2H3. The van der Waals surface area contributed by atoms with Crippen molar-refractivity contribution in [3.63, 3.8) is 0 Å². The lowest BCUT2D eigenvalue weighted by Gasteiger charge is -2.08. The number of hydrogen-bond acceptors (Lipinski definition) is 6. The van der Waals surface area contributed by atoms with E-state index in [9.17, 15) is 9.00 Å². The minimum Gasteiger partial charge on any atom is -0.495 e. The minimum absolute atomic E-state index is 0.133. The first-order valence-corrected chi connectivity index (χ1v) is 7.52. The highest BCUT2D eigenvalue weighted by Crippen LogP contribution is 2.22. The lowest BCUT2D eigenvalue weighted by atomic mass is 10.2. The third kappa shape index (κ3) is 3.03. The van der Waals surface area contributed by atoms with Crippen LogP contribution in [0.15, 0.2) is 52.5 Å². The van der Waals surface area contributed by atoms with Crippen LogP contribution in [0, 0.1) is 4.78 Å². The predicted molar refractivity (Wildman–Crippen MR) is 76.0 cm³/mol. The van der Waals surface area contributed by atoms with Gasteiger partial charge in [0.25, 0.3) is 0 Å². The molecule has 0 radical (unpaired) electrons. The van der Waals surface area contributed by atoms with Crippen LogP contribution in [-0.4, -0.2) is 29.4 Å². The number of carbonyl (C=O) groups excluding carboxylic acids is 1. The maximum atomic E-state index is 12.6. The third-order valence-electron chi connectivity index (χ3n) is 2.85. The van der Waals surface area contributed by atoms with Crippen molar-refractivity contribution in [1.82, 2.24) is 4.98 Å². The Labute approximate surface area is 122 Å². The first kappa shape index (κ1) is 15.0. The molecule has 1 aromatic carbocycles. The van der Waals surface area contributed by atoms with Gasteiger partial charge in [0, 0.05) is 0 Å². The molecule has 2 aromatic rings. The maximum Gasteiger partial charge on any atom is 0.337 e. The molecule has 1 unspecified atom stereocenters. The number of esters is 1. The van der Waals surface area contributed by atoms with E-state index in [2.05, 4.69) is 9.72 Å². The highest BCUT2D eigenvalue weighted by atomic mass is 32.2. The Bertz CT molecular complexity index is 738. The van der Waals surface area contributed by atoms with Crippen LogP contribution in [0.25, 0.3) is 0 Å². The van der Waals surface area contributed by atoms with Crippen LogP contribution >= 0.6 is 0 Å². The van der Waals surface area contributed by atoms with Gasteiger partial charge in [-0.2, -0.15) is 0 Å². The van der Waals surface area contributed by atoms with Crippen LogP contribution < -0.4 is 4.74 Å². The number of aromatic nitrogens is 1. The summed E-state index contributed by atoms with van der Waals surface area (Å²) < 4.78 is 30.2. The predicted octanol–water partition coefficient (Wildman–Crippen LogP) is 2.34. The van der Waals surface area contributed by atoms with Crippen LogP contribution in [0.1, 0.15) is 10.4 Å². The molecule has 0 aliphatic heterocycles. The number of pyridine rings is 1. The Morgan fingerprint density at radius 3 is 2.29 bits per heavy atom. The Morgan fingerprint density at radius 1 is 1.14 bits per heavy atom. The Morgan fingerprint density at radius 2 is 1.81 bits per heavy atom. The monoisotopic (exact) mass is 306 g/mol. The van der Waals surface area contributed by atoms with Crippen molar-refractivity contribution < 1.29 is 18.5 Å². The van der Waals surface area contributed by atoms with Crippen molar-refractivity contribution >= 4 is 15.7 Å². The van der Waals surface area contributed by atoms with Gasteiger partial charge in [0.05, 0.1) is 30.9 Å². The normalized spacial score (nSPS) is 13.2. The number of benzene rings is 1. The molecule has 0 amide bonds. The lowest BCUT2D eigenvalue weighted by Crippen LogP contribution is -2.05. The smallest absolute Gasteiger partial charge is 0.337 e. The first-order valence-electron chi connectivity index (χ1n) is 5.96. The quantitative estimate of drug-likeness (QED) is 0.876. The van der Waals surface area contributed by atoms with Gasteiger partial charge < -0.3 is 9.47 Å². The summed E-state index contributed by atoms with van der Waals surface area (Å²) in [5.41, 5.74) is 0.333. The van der Waals surface area contributed by atoms with Gasteiger partial charge in [0.2, 0.25) is 0 Å². The fraction of sp³-hybridized carbons (Fsp3) is 0.143. The van der Waals surface area contributed by atoms with Crippen LogP contribution in [0.4, 0.5) is 0 Å². The molecule has 0 aliphatic rings. The zero-order chi connectivity index (χ0) is 15.5. The Kier molecular flexibility index (Phi) is 4.23. The van der Waals surface area contributed by atoms with Crippen molar-refractivity contribution in [3.8, 4) is 5.75 Å². The second-order valence-corrected chi connectivity index (χ2v) is 6.11. The van der Waals surface area contributed by atoms with Crippen LogP contribution in [0.2, 0.25) is 0 Å². The molecule has 110 valence electrons. The summed E-state index contributed by atoms with van der Waals surface area (Å²) in [6.45, 7) is 0. The molecule has 21 heavy (non-hydrogen) atoms. The van der Waals surface area contributed by atoms with Crippen molar-refractivity contribution in [2.75, 3.05) is 14.2 Å². The average Bonchev–Trinajstić information content (AvgIpc) is 2.54. The van der Waals surface area contributed by atoms with Gasteiger partial charge in [0.1, 0.15) is 20.5 Å². The number of nitrogens with zero attached hydrogens (tertiary/aromatic N) is 1. The van der Waals surface area contributed by atoms with E-state index >= 15 is 0 Å². The van der Waals surface area contributed by atoms with Crippen LogP contribution in [0.3, 0.4) is 0 Å². The molecule has 1 heterocycles. The highest BCUT2D eigenvalue weighted by Gasteiger charge is 2.16. The summed E-state index contributed by atoms with van der Waals surface area (Å²) in [4.78, 5) is 15.6. The average molecular weight is 306 g/mol. The summed E-state index contributed by atoms with van der Waals surface area (Å²) in [7, 11) is -0.449. The van der Waals surface area contributed by atoms with E-state index in [1.54, 1.807) is 6.07 Å². The molecule has 0 bridgehead atoms. The number of carbonyl (C=O) groups is 1. The molecule has 0 saturated carbocycles. The number of methoxy groups -OCH3 is 2. The lowest BCUT2D eigenvalue weighted by molar-refractivity contribution is 0.0600. The first-order chi connectivity index (χ1) is 9.98. The zero-order valence-electron chi connectivity index (χ0n) is 11.5. The molecule has 0 saturated heterocycles.